The zero-order chi connectivity index (χ0) is 39.9. The quantitative estimate of drug-likeness (QED) is 0.0565. The van der Waals surface area contributed by atoms with Crippen LogP contribution in [0, 0.1) is 47.3 Å². The molecule has 3 saturated carbocycles. The Morgan fingerprint density at radius 2 is 1.76 bits per heavy atom. The van der Waals surface area contributed by atoms with Crippen molar-refractivity contribution in [2.45, 2.75) is 100 Å². The van der Waals surface area contributed by atoms with Gasteiger partial charge in [-0.25, -0.2) is 0 Å². The van der Waals surface area contributed by atoms with Gasteiger partial charge in [0.25, 0.3) is 11.8 Å². The highest BCUT2D eigenvalue weighted by Crippen LogP contribution is 2.51. The number of aliphatic imine (C=N–C) groups is 1. The number of methoxy groups -OCH3 is 1. The van der Waals surface area contributed by atoms with Gasteiger partial charge in [0.15, 0.2) is 12.2 Å². The van der Waals surface area contributed by atoms with Gasteiger partial charge in [0.2, 0.25) is 0 Å². The predicted octanol–water partition coefficient (Wildman–Crippen LogP) is -3.27. The van der Waals surface area contributed by atoms with Crippen molar-refractivity contribution >= 4 is 29.3 Å². The van der Waals surface area contributed by atoms with E-state index in [1.807, 2.05) is 6.92 Å². The van der Waals surface area contributed by atoms with Gasteiger partial charge in [-0.2, -0.15) is 0 Å². The van der Waals surface area contributed by atoms with E-state index in [0.717, 1.165) is 17.1 Å². The van der Waals surface area contributed by atoms with Crippen LogP contribution in [0.3, 0.4) is 0 Å². The summed E-state index contributed by atoms with van der Waals surface area (Å²) in [7, 11) is 3.01. The molecule has 0 aromatic rings. The van der Waals surface area contributed by atoms with E-state index in [-0.39, 0.29) is 61.7 Å². The number of nitrogens with one attached hydrogen (secondary N) is 2. The minimum Gasteiger partial charge on any atom is -0.394 e. The van der Waals surface area contributed by atoms with Crippen LogP contribution in [0.2, 0.25) is 0 Å². The molecule has 308 valence electrons. The number of imide groups is 1. The first-order chi connectivity index (χ1) is 26.1. The summed E-state index contributed by atoms with van der Waals surface area (Å²) in [6, 6.07) is 0. The normalized spacial score (nSPS) is 44.3. The first-order valence-corrected chi connectivity index (χ1v) is 19.4. The number of hydrogen-bond acceptors (Lipinski definition) is 15. The molecule has 3 aliphatic carbocycles. The zero-order valence-electron chi connectivity index (χ0n) is 31.6. The Labute approximate surface area is 320 Å². The van der Waals surface area contributed by atoms with Gasteiger partial charge in [-0.15, -0.1) is 0 Å². The molecule has 55 heavy (non-hydrogen) atoms. The number of aliphatic hydroxyl groups excluding tert-OH is 4. The molecule has 11 N–H and O–H groups in total. The number of amides is 2. The predicted molar refractivity (Wildman–Crippen MR) is 193 cm³/mol. The lowest BCUT2D eigenvalue weighted by Crippen LogP contribution is -2.69. The Kier molecular flexibility index (Phi) is 12.8. The fourth-order valence-electron chi connectivity index (χ4n) is 10.3. The van der Waals surface area contributed by atoms with Crippen molar-refractivity contribution in [1.29, 1.82) is 0 Å². The van der Waals surface area contributed by atoms with Gasteiger partial charge in [-0.05, 0) is 56.4 Å². The van der Waals surface area contributed by atoms with E-state index in [0.29, 0.717) is 25.8 Å². The van der Waals surface area contributed by atoms with E-state index in [9.17, 15) is 44.7 Å². The zero-order valence-corrected chi connectivity index (χ0v) is 31.6. The molecule has 3 aliphatic heterocycles. The van der Waals surface area contributed by atoms with Crippen molar-refractivity contribution in [1.82, 2.24) is 15.5 Å². The minimum absolute atomic E-state index is 0.103. The van der Waals surface area contributed by atoms with Crippen LogP contribution in [-0.4, -0.2) is 155 Å². The molecule has 0 radical (unpaired) electrons. The van der Waals surface area contributed by atoms with Crippen molar-refractivity contribution < 1.29 is 58.9 Å². The highest BCUT2D eigenvalue weighted by atomic mass is 16.7. The monoisotopic (exact) mass is 778 g/mol. The summed E-state index contributed by atoms with van der Waals surface area (Å²) in [5, 5.41) is 63.7. The molecule has 18 heteroatoms. The minimum atomic E-state index is -2.28. The van der Waals surface area contributed by atoms with Gasteiger partial charge in [-0.3, -0.25) is 29.1 Å². The number of ketones is 2. The maximum absolute atomic E-state index is 14.5. The summed E-state index contributed by atoms with van der Waals surface area (Å²) < 4.78 is 18.0. The summed E-state index contributed by atoms with van der Waals surface area (Å²) >= 11 is 0. The Morgan fingerprint density at radius 1 is 1.07 bits per heavy atom. The van der Waals surface area contributed by atoms with E-state index in [1.54, 1.807) is 0 Å². The lowest BCUT2D eigenvalue weighted by Gasteiger charge is -2.53. The summed E-state index contributed by atoms with van der Waals surface area (Å²) in [5.74, 6) is -6.27. The summed E-state index contributed by atoms with van der Waals surface area (Å²) in [5.41, 5.74) is 9.75. The number of nitrogens with two attached hydrogens (primary N) is 2. The number of fused-ring (bicyclic) bond motifs is 2. The van der Waals surface area contributed by atoms with Crippen LogP contribution in [0.15, 0.2) is 17.1 Å². The fraction of sp³-hybridized carbons (Fsp3) is 0.811. The number of Topliss-reactive ketones (excluding diaryl/α,β-unsaturated/α-hetero) is 2. The third kappa shape index (κ3) is 8.00. The van der Waals surface area contributed by atoms with Crippen molar-refractivity contribution in [2.75, 3.05) is 40.4 Å². The number of piperidine rings is 1. The maximum Gasteiger partial charge on any atom is 0.253 e. The van der Waals surface area contributed by atoms with E-state index in [2.05, 4.69) is 15.6 Å². The van der Waals surface area contributed by atoms with Crippen molar-refractivity contribution in [3.63, 3.8) is 0 Å². The van der Waals surface area contributed by atoms with Crippen LogP contribution in [0.1, 0.15) is 45.4 Å². The molecule has 0 bridgehead atoms. The van der Waals surface area contributed by atoms with Gasteiger partial charge in [-0.1, -0.05) is 6.92 Å². The first kappa shape index (κ1) is 41.7. The van der Waals surface area contributed by atoms with Gasteiger partial charge < -0.3 is 61.8 Å². The van der Waals surface area contributed by atoms with Crippen molar-refractivity contribution in [3.05, 3.63) is 12.2 Å². The molecular formula is C37H58N6O12. The number of guanidine groups is 1. The average molecular weight is 779 g/mol. The second-order valence-electron chi connectivity index (χ2n) is 16.5. The molecule has 6 aliphatic rings. The number of ether oxygens (including phenoxy) is 3. The van der Waals surface area contributed by atoms with Crippen LogP contribution < -0.4 is 22.1 Å². The maximum atomic E-state index is 14.5. The van der Waals surface area contributed by atoms with E-state index in [4.69, 9.17) is 25.7 Å². The molecule has 5 fully saturated rings. The van der Waals surface area contributed by atoms with Gasteiger partial charge in [0.1, 0.15) is 35.5 Å². The fourth-order valence-corrected chi connectivity index (χ4v) is 10.3. The van der Waals surface area contributed by atoms with Crippen LogP contribution in [-0.2, 0) is 33.4 Å². The van der Waals surface area contributed by atoms with Gasteiger partial charge in [0.05, 0.1) is 42.9 Å². The molecule has 0 aromatic heterocycles. The number of carbonyl (C=O) groups is 4. The third-order valence-corrected chi connectivity index (χ3v) is 13.4. The van der Waals surface area contributed by atoms with Crippen LogP contribution in [0.5, 0.6) is 0 Å². The summed E-state index contributed by atoms with van der Waals surface area (Å²) in [6.45, 7) is 1.79. The lowest BCUT2D eigenvalue weighted by molar-refractivity contribution is -0.348. The first-order valence-electron chi connectivity index (χ1n) is 19.4. The molecule has 18 nitrogen and oxygen atoms in total. The third-order valence-electron chi connectivity index (χ3n) is 13.4. The molecule has 2 amide bonds. The van der Waals surface area contributed by atoms with Crippen LogP contribution in [0.4, 0.5) is 0 Å². The van der Waals surface area contributed by atoms with Crippen LogP contribution in [0.25, 0.3) is 0 Å². The number of rotatable bonds is 11. The number of carbonyl (C=O) groups excluding carboxylic acids is 4. The molecule has 0 spiro atoms. The summed E-state index contributed by atoms with van der Waals surface area (Å²) in [6.07, 6.45) is -6.34. The Bertz CT molecular complexity index is 1490. The standard InChI is InChI=1S/C37H58N6O12/c1-16-8-20-29(31(48)22(16)13-42-36(39)40-2)32(49)28-21(30(20)47)10-19(53-3)11-23(28)54-35-33(50)34(51)37(52,24(15-44)55-35)12-18(17-6-7-41-25(38)9-17)14-43-26(45)4-5-27(43)46/h4-5,16-25,28-29,31,33-35,41,44,48,50-52H,6-15,38H2,1-3H3,(H3,39,40,42)/t16?,17?,18-,19?,20?,21?,22?,23?,24-,25?,28?,29?,31?,33-,34-,35+,37-/m1/s1. The second kappa shape index (κ2) is 16.9. The Hall–Kier alpha value is -2.91. The average Bonchev–Trinajstić information content (AvgIpc) is 3.48. The smallest absolute Gasteiger partial charge is 0.253 e. The van der Waals surface area contributed by atoms with Gasteiger partial charge >= 0.3 is 0 Å². The van der Waals surface area contributed by atoms with Gasteiger partial charge in [0, 0.05) is 63.6 Å². The molecule has 3 heterocycles. The number of hydrogen-bond donors (Lipinski definition) is 9. The number of nitrogens with zero attached hydrogens (tertiary/aromatic N) is 2. The van der Waals surface area contributed by atoms with Crippen LogP contribution >= 0.6 is 0 Å². The van der Waals surface area contributed by atoms with Crippen molar-refractivity contribution in [3.8, 4) is 0 Å². The molecule has 0 aromatic carbocycles. The molecule has 6 rings (SSSR count). The van der Waals surface area contributed by atoms with E-state index >= 15 is 0 Å². The highest BCUT2D eigenvalue weighted by Gasteiger charge is 2.62. The largest absolute Gasteiger partial charge is 0.394 e. The SMILES string of the molecule is CN=C(N)NCC1C(C)CC2C(=O)C3CC(OC)CC(O[C@H]4O[C@H](CO)[C@](O)(C[C@H](CN5C(=O)C=CC5=O)C5CCNC(N)C5)[C@H](O)[C@H]4O)C3C(=O)C2C1O. The lowest BCUT2D eigenvalue weighted by atomic mass is 9.53. The Morgan fingerprint density at radius 3 is 2.40 bits per heavy atom. The highest BCUT2D eigenvalue weighted by molar-refractivity contribution is 6.12. The molecule has 11 unspecified atom stereocenters. The summed E-state index contributed by atoms with van der Waals surface area (Å²) in [4.78, 5) is 58.7. The Balaban J connectivity index is 1.23. The molecule has 2 saturated heterocycles. The molecule has 17 atom stereocenters. The van der Waals surface area contributed by atoms with E-state index in [1.165, 1.54) is 14.2 Å². The van der Waals surface area contributed by atoms with Crippen molar-refractivity contribution in [2.24, 2.45) is 63.8 Å². The molecular weight excluding hydrogens is 720 g/mol. The second-order valence-corrected chi connectivity index (χ2v) is 16.5. The topological polar surface area (TPSA) is 289 Å². The van der Waals surface area contributed by atoms with E-state index < -0.39 is 109 Å². The number of aliphatic hydroxyl groups is 5.